The van der Waals surface area contributed by atoms with E-state index in [2.05, 4.69) is 34.1 Å². The number of rotatable bonds is 4. The van der Waals surface area contributed by atoms with Gasteiger partial charge in [-0.15, -0.1) is 0 Å². The van der Waals surface area contributed by atoms with Gasteiger partial charge in [-0.1, -0.05) is 24.3 Å². The summed E-state index contributed by atoms with van der Waals surface area (Å²) in [5.41, 5.74) is 2.83. The molecule has 3 aliphatic rings. The van der Waals surface area contributed by atoms with Crippen LogP contribution in [0, 0.1) is 11.8 Å². The lowest BCUT2D eigenvalue weighted by atomic mass is 9.94. The van der Waals surface area contributed by atoms with Gasteiger partial charge in [0.25, 0.3) is 0 Å². The lowest BCUT2D eigenvalue weighted by molar-refractivity contribution is -0.136. The van der Waals surface area contributed by atoms with Crippen molar-refractivity contribution in [3.05, 3.63) is 35.4 Å². The van der Waals surface area contributed by atoms with Gasteiger partial charge in [0.15, 0.2) is 0 Å². The molecule has 2 heterocycles. The topological polar surface area (TPSA) is 32.8 Å². The first-order valence-electron chi connectivity index (χ1n) is 8.84. The van der Waals surface area contributed by atoms with E-state index in [-0.39, 0.29) is 0 Å². The second-order valence-corrected chi connectivity index (χ2v) is 7.33. The molecule has 124 valence electrons. The average molecular weight is 314 g/mol. The van der Waals surface area contributed by atoms with E-state index in [0.29, 0.717) is 30.3 Å². The summed E-state index contributed by atoms with van der Waals surface area (Å²) >= 11 is 0. The molecule has 0 aromatic heterocycles. The Morgan fingerprint density at radius 2 is 1.74 bits per heavy atom. The summed E-state index contributed by atoms with van der Waals surface area (Å²) in [5, 5.41) is 0. The normalized spacial score (nSPS) is 29.8. The molecule has 1 unspecified atom stereocenters. The van der Waals surface area contributed by atoms with Gasteiger partial charge in [0.05, 0.1) is 6.10 Å². The fraction of sp³-hybridized carbons (Fsp3) is 0.632. The molecule has 1 amide bonds. The first-order valence-corrected chi connectivity index (χ1v) is 8.84. The van der Waals surface area contributed by atoms with Crippen molar-refractivity contribution in [3.63, 3.8) is 0 Å². The van der Waals surface area contributed by atoms with Crippen LogP contribution in [0.1, 0.15) is 30.4 Å². The zero-order valence-corrected chi connectivity index (χ0v) is 13.9. The molecule has 0 N–H and O–H groups in total. The van der Waals surface area contributed by atoms with Crippen LogP contribution in [0.4, 0.5) is 0 Å². The highest BCUT2D eigenvalue weighted by molar-refractivity contribution is 5.76. The van der Waals surface area contributed by atoms with Crippen molar-refractivity contribution in [1.82, 2.24) is 9.80 Å². The zero-order valence-electron chi connectivity index (χ0n) is 13.9. The number of hydrogen-bond acceptors (Lipinski definition) is 3. The zero-order chi connectivity index (χ0) is 15.8. The number of likely N-dealkylation sites (tertiary alicyclic amines) is 1. The smallest absolute Gasteiger partial charge is 0.223 e. The van der Waals surface area contributed by atoms with Crippen molar-refractivity contribution in [2.75, 3.05) is 26.7 Å². The molecule has 4 heteroatoms. The molecule has 1 saturated heterocycles. The number of carbonyl (C=O) groups excluding carboxylic acids is 1. The second-order valence-electron chi connectivity index (χ2n) is 7.33. The van der Waals surface area contributed by atoms with E-state index in [0.717, 1.165) is 32.7 Å². The lowest BCUT2D eigenvalue weighted by Crippen LogP contribution is -2.48. The van der Waals surface area contributed by atoms with E-state index < -0.39 is 0 Å². The number of ether oxygens (including phenoxy) is 1. The highest BCUT2D eigenvalue weighted by atomic mass is 16.5. The van der Waals surface area contributed by atoms with E-state index in [1.54, 1.807) is 0 Å². The minimum atomic E-state index is 0.326. The van der Waals surface area contributed by atoms with Gasteiger partial charge in [-0.05, 0) is 24.0 Å². The molecular weight excluding hydrogens is 288 g/mol. The Morgan fingerprint density at radius 3 is 2.30 bits per heavy atom. The third kappa shape index (κ3) is 2.90. The van der Waals surface area contributed by atoms with Crippen LogP contribution in [0.5, 0.6) is 0 Å². The SMILES string of the molecule is COC1[C@@H]2CC[C@H]1CN(C(=O)CCN1Cc3ccccc3C1)C2. The lowest BCUT2D eigenvalue weighted by Gasteiger charge is -2.37. The summed E-state index contributed by atoms with van der Waals surface area (Å²) in [6, 6.07) is 8.60. The molecule has 0 spiro atoms. The Kier molecular flexibility index (Phi) is 4.12. The highest BCUT2D eigenvalue weighted by Gasteiger charge is 2.43. The molecule has 4 rings (SSSR count). The van der Waals surface area contributed by atoms with Gasteiger partial charge in [-0.3, -0.25) is 9.69 Å². The van der Waals surface area contributed by atoms with E-state index in [1.807, 2.05) is 7.11 Å². The minimum absolute atomic E-state index is 0.326. The van der Waals surface area contributed by atoms with Gasteiger partial charge >= 0.3 is 0 Å². The van der Waals surface area contributed by atoms with Gasteiger partial charge in [0.1, 0.15) is 0 Å². The first kappa shape index (κ1) is 15.2. The van der Waals surface area contributed by atoms with Crippen molar-refractivity contribution < 1.29 is 9.53 Å². The highest BCUT2D eigenvalue weighted by Crippen LogP contribution is 2.38. The molecule has 0 radical (unpaired) electrons. The second kappa shape index (κ2) is 6.25. The molecule has 1 aromatic rings. The Hall–Kier alpha value is -1.39. The monoisotopic (exact) mass is 314 g/mol. The predicted molar refractivity (Wildman–Crippen MR) is 88.8 cm³/mol. The summed E-state index contributed by atoms with van der Waals surface area (Å²) in [5.74, 6) is 1.44. The molecule has 1 aromatic carbocycles. The summed E-state index contributed by atoms with van der Waals surface area (Å²) in [7, 11) is 1.82. The number of benzene rings is 1. The maximum Gasteiger partial charge on any atom is 0.223 e. The predicted octanol–water partition coefficient (Wildman–Crippen LogP) is 2.28. The standard InChI is InChI=1S/C19H26N2O2/c1-23-19-16-6-7-17(19)13-21(12-16)18(22)8-9-20-10-14-4-2-3-5-15(14)11-20/h2-5,16-17,19H,6-13H2,1H3/t16-,17+,19?. The third-order valence-electron chi connectivity index (χ3n) is 5.92. The molecule has 4 nitrogen and oxygen atoms in total. The van der Waals surface area contributed by atoms with Gasteiger partial charge in [0, 0.05) is 58.1 Å². The van der Waals surface area contributed by atoms with Crippen molar-refractivity contribution in [2.24, 2.45) is 11.8 Å². The molecule has 2 fully saturated rings. The maximum atomic E-state index is 12.6. The van der Waals surface area contributed by atoms with E-state index in [9.17, 15) is 4.79 Å². The number of hydrogen-bond donors (Lipinski definition) is 0. The number of piperidine rings is 1. The van der Waals surface area contributed by atoms with Gasteiger partial charge < -0.3 is 9.64 Å². The van der Waals surface area contributed by atoms with Crippen molar-refractivity contribution >= 4 is 5.91 Å². The minimum Gasteiger partial charge on any atom is -0.381 e. The van der Waals surface area contributed by atoms with Crippen LogP contribution in [0.3, 0.4) is 0 Å². The third-order valence-corrected chi connectivity index (χ3v) is 5.92. The van der Waals surface area contributed by atoms with Crippen LogP contribution in [-0.2, 0) is 22.6 Å². The van der Waals surface area contributed by atoms with Crippen molar-refractivity contribution in [2.45, 2.75) is 38.5 Å². The number of fused-ring (bicyclic) bond motifs is 3. The van der Waals surface area contributed by atoms with Crippen LogP contribution in [0.15, 0.2) is 24.3 Å². The van der Waals surface area contributed by atoms with E-state index in [1.165, 1.54) is 24.0 Å². The quantitative estimate of drug-likeness (QED) is 0.855. The molecule has 1 aliphatic carbocycles. The molecule has 1 saturated carbocycles. The van der Waals surface area contributed by atoms with E-state index in [4.69, 9.17) is 4.74 Å². The number of nitrogens with zero attached hydrogens (tertiary/aromatic N) is 2. The van der Waals surface area contributed by atoms with Crippen LogP contribution in [0.2, 0.25) is 0 Å². The van der Waals surface area contributed by atoms with Crippen LogP contribution < -0.4 is 0 Å². The molecule has 2 aliphatic heterocycles. The molecular formula is C19H26N2O2. The largest absolute Gasteiger partial charge is 0.381 e. The molecule has 23 heavy (non-hydrogen) atoms. The van der Waals surface area contributed by atoms with Crippen LogP contribution in [-0.4, -0.2) is 48.6 Å². The molecule has 3 atom stereocenters. The summed E-state index contributed by atoms with van der Waals surface area (Å²) in [6.07, 6.45) is 3.46. The number of carbonyl (C=O) groups is 1. The van der Waals surface area contributed by atoms with E-state index >= 15 is 0 Å². The fourth-order valence-electron chi connectivity index (χ4n) is 4.73. The van der Waals surface area contributed by atoms with Crippen LogP contribution in [0.25, 0.3) is 0 Å². The summed E-state index contributed by atoms with van der Waals surface area (Å²) < 4.78 is 5.64. The Balaban J connectivity index is 1.29. The molecule has 2 bridgehead atoms. The Labute approximate surface area is 138 Å². The summed E-state index contributed by atoms with van der Waals surface area (Å²) in [4.78, 5) is 17.1. The van der Waals surface area contributed by atoms with Gasteiger partial charge in [-0.25, -0.2) is 0 Å². The fourth-order valence-corrected chi connectivity index (χ4v) is 4.73. The first-order chi connectivity index (χ1) is 11.2. The van der Waals surface area contributed by atoms with Crippen molar-refractivity contribution in [1.29, 1.82) is 0 Å². The van der Waals surface area contributed by atoms with Gasteiger partial charge in [-0.2, -0.15) is 0 Å². The Bertz CT molecular complexity index is 549. The Morgan fingerprint density at radius 1 is 1.13 bits per heavy atom. The number of amides is 1. The van der Waals surface area contributed by atoms with Gasteiger partial charge in [0.2, 0.25) is 5.91 Å². The summed E-state index contributed by atoms with van der Waals surface area (Å²) in [6.45, 7) is 4.64. The average Bonchev–Trinajstić information content (AvgIpc) is 3.09. The maximum absolute atomic E-state index is 12.6. The number of methoxy groups -OCH3 is 1. The van der Waals surface area contributed by atoms with Crippen molar-refractivity contribution in [3.8, 4) is 0 Å². The van der Waals surface area contributed by atoms with Crippen LogP contribution >= 0.6 is 0 Å².